The topological polar surface area (TPSA) is 65.1 Å². The molecule has 2 unspecified atom stereocenters. The van der Waals surface area contributed by atoms with Crippen molar-refractivity contribution >= 4 is 89.5 Å². The number of nitrogens with zero attached hydrogens (tertiary/aromatic N) is 1. The number of esters is 1. The van der Waals surface area contributed by atoms with Gasteiger partial charge in [0.15, 0.2) is 11.2 Å². The van der Waals surface area contributed by atoms with Crippen molar-refractivity contribution < 1.29 is 22.7 Å². The van der Waals surface area contributed by atoms with Gasteiger partial charge in [-0.25, -0.2) is 4.67 Å². The summed E-state index contributed by atoms with van der Waals surface area (Å²) in [5.41, 5.74) is 3.06. The first-order valence-electron chi connectivity index (χ1n) is 14.2. The highest BCUT2D eigenvalue weighted by atomic mass is 79.9. The number of hydrogen-bond acceptors (Lipinski definition) is 6. The first-order valence-corrected chi connectivity index (χ1v) is 16.9. The van der Waals surface area contributed by atoms with Gasteiger partial charge in [0.2, 0.25) is 0 Å². The number of ether oxygens (including phenoxy) is 2. The molecule has 9 heteroatoms. The fourth-order valence-electron chi connectivity index (χ4n) is 6.42. The van der Waals surface area contributed by atoms with Crippen molar-refractivity contribution in [3.8, 4) is 0 Å². The van der Waals surface area contributed by atoms with Crippen LogP contribution in [0.2, 0.25) is 0 Å². The zero-order chi connectivity index (χ0) is 28.8. The van der Waals surface area contributed by atoms with Gasteiger partial charge in [-0.15, -0.1) is 0 Å². The molecule has 0 saturated carbocycles. The van der Waals surface area contributed by atoms with Crippen LogP contribution in [0.1, 0.15) is 19.3 Å². The zero-order valence-electron chi connectivity index (χ0n) is 23.1. The van der Waals surface area contributed by atoms with Gasteiger partial charge in [0.1, 0.15) is 0 Å². The molecule has 0 amide bonds. The molecular formula is C33H30Br2NO5P. The van der Waals surface area contributed by atoms with Gasteiger partial charge >= 0.3 is 14.1 Å². The molecule has 2 saturated heterocycles. The molecule has 2 aliphatic rings. The Morgan fingerprint density at radius 1 is 0.929 bits per heavy atom. The standard InChI is InChI=1S/C33H30Br2NO5P/c1-38-29(37)13-7-6-10-24-22-16-36(17-23(24)19-39-18-22)42-40-32-27(34)14-20-8-2-4-11-25(20)30(32)31-26-12-5-3-9-21(26)15-28(35)33(31)41-42/h2-5,8-12,14-15,22-23H,6-7,13,16-19H2,1H3. The van der Waals surface area contributed by atoms with E-state index in [-0.39, 0.29) is 17.8 Å². The molecular weight excluding hydrogens is 681 g/mol. The molecule has 5 aromatic rings. The maximum absolute atomic E-state index is 11.6. The fraction of sp³-hybridized carbons (Fsp3) is 0.303. The molecule has 1 aromatic heterocycles. The SMILES string of the molecule is COC(=O)CCCC=C1C2COCC1CN(p1oc3c(Br)cc4ccccc4c3c3c(o1)c(Br)cc1ccccc13)C2. The van der Waals surface area contributed by atoms with Crippen LogP contribution in [0.5, 0.6) is 0 Å². The third-order valence-electron chi connectivity index (χ3n) is 8.37. The van der Waals surface area contributed by atoms with E-state index in [2.05, 4.69) is 103 Å². The molecule has 216 valence electrons. The summed E-state index contributed by atoms with van der Waals surface area (Å²) in [5, 5.41) is 6.62. The normalized spacial score (nSPS) is 19.1. The van der Waals surface area contributed by atoms with Gasteiger partial charge in [0, 0.05) is 42.1 Å². The number of allylic oxidation sites excluding steroid dienone is 1. The first-order chi connectivity index (χ1) is 20.5. The Bertz CT molecular complexity index is 1800. The number of hydrogen-bond donors (Lipinski definition) is 0. The van der Waals surface area contributed by atoms with E-state index in [0.29, 0.717) is 19.6 Å². The molecule has 0 aliphatic carbocycles. The van der Waals surface area contributed by atoms with E-state index < -0.39 is 8.16 Å². The Kier molecular flexibility index (Phi) is 7.93. The molecule has 3 heterocycles. The number of piperidine rings is 1. The molecule has 42 heavy (non-hydrogen) atoms. The maximum Gasteiger partial charge on any atom is 0.309 e. The lowest BCUT2D eigenvalue weighted by Gasteiger charge is -2.41. The Morgan fingerprint density at radius 2 is 1.48 bits per heavy atom. The summed E-state index contributed by atoms with van der Waals surface area (Å²) in [7, 11) is -0.0336. The van der Waals surface area contributed by atoms with E-state index in [1.807, 2.05) is 0 Å². The first kappa shape index (κ1) is 28.2. The van der Waals surface area contributed by atoms with Crippen LogP contribution in [0.25, 0.3) is 43.5 Å². The van der Waals surface area contributed by atoms with Gasteiger partial charge in [-0.2, -0.15) is 0 Å². The van der Waals surface area contributed by atoms with Crippen molar-refractivity contribution in [1.29, 1.82) is 0 Å². The monoisotopic (exact) mass is 709 g/mol. The lowest BCUT2D eigenvalue weighted by atomic mass is 9.82. The average Bonchev–Trinajstić information content (AvgIpc) is 3.18. The maximum atomic E-state index is 11.6. The Balaban J connectivity index is 1.39. The Hall–Kier alpha value is -2.61. The van der Waals surface area contributed by atoms with Crippen LogP contribution in [0.4, 0.5) is 0 Å². The highest BCUT2D eigenvalue weighted by Gasteiger charge is 2.38. The third-order valence-corrected chi connectivity index (χ3v) is 11.0. The Morgan fingerprint density at radius 3 is 2.02 bits per heavy atom. The van der Waals surface area contributed by atoms with Gasteiger partial charge in [0.05, 0.1) is 29.3 Å². The molecule has 4 aromatic carbocycles. The second kappa shape index (κ2) is 11.8. The molecule has 2 fully saturated rings. The summed E-state index contributed by atoms with van der Waals surface area (Å²) in [6.07, 6.45) is 4.42. The van der Waals surface area contributed by atoms with Gasteiger partial charge in [-0.05, 0) is 78.4 Å². The summed E-state index contributed by atoms with van der Waals surface area (Å²) in [5.74, 6) is 0.357. The molecule has 2 bridgehead atoms. The van der Waals surface area contributed by atoms with Gasteiger partial charge in [-0.1, -0.05) is 60.2 Å². The molecule has 2 atom stereocenters. The van der Waals surface area contributed by atoms with Crippen LogP contribution >= 0.6 is 40.0 Å². The number of fused-ring (bicyclic) bond motifs is 9. The van der Waals surface area contributed by atoms with E-state index in [0.717, 1.165) is 78.4 Å². The van der Waals surface area contributed by atoms with E-state index in [4.69, 9.17) is 17.9 Å². The van der Waals surface area contributed by atoms with E-state index in [1.54, 1.807) is 0 Å². The predicted octanol–water partition coefficient (Wildman–Crippen LogP) is 9.61. The van der Waals surface area contributed by atoms with Crippen LogP contribution in [0.3, 0.4) is 0 Å². The van der Waals surface area contributed by atoms with E-state index in [9.17, 15) is 4.79 Å². The molecule has 0 radical (unpaired) electrons. The minimum absolute atomic E-state index is 0.157. The zero-order valence-corrected chi connectivity index (χ0v) is 27.2. The summed E-state index contributed by atoms with van der Waals surface area (Å²) in [4.78, 5) is 11.6. The van der Waals surface area contributed by atoms with Crippen molar-refractivity contribution in [3.05, 3.63) is 81.3 Å². The summed E-state index contributed by atoms with van der Waals surface area (Å²) < 4.78 is 28.9. The number of halogens is 2. The number of rotatable bonds is 5. The second-order valence-corrected chi connectivity index (χ2v) is 14.1. The molecule has 7 rings (SSSR count). The fourth-order valence-corrected chi connectivity index (χ4v) is 9.34. The number of carbonyl (C=O) groups excluding carboxylic acids is 1. The van der Waals surface area contributed by atoms with E-state index >= 15 is 0 Å². The Labute approximate surface area is 261 Å². The van der Waals surface area contributed by atoms with Crippen LogP contribution < -0.4 is 4.67 Å². The van der Waals surface area contributed by atoms with Gasteiger partial charge in [-0.3, -0.25) is 4.79 Å². The summed E-state index contributed by atoms with van der Waals surface area (Å²) >= 11 is 7.74. The highest BCUT2D eigenvalue weighted by molar-refractivity contribution is 9.11. The van der Waals surface area contributed by atoms with Crippen LogP contribution in [0, 0.1) is 11.8 Å². The molecule has 0 N–H and O–H groups in total. The van der Waals surface area contributed by atoms with Gasteiger partial charge in [0.25, 0.3) is 0 Å². The molecule has 2 aliphatic heterocycles. The number of methoxy groups -OCH3 is 1. The van der Waals surface area contributed by atoms with Crippen molar-refractivity contribution in [1.82, 2.24) is 0 Å². The second-order valence-electron chi connectivity index (χ2n) is 11.0. The van der Waals surface area contributed by atoms with Crippen molar-refractivity contribution in [2.75, 3.05) is 38.1 Å². The largest absolute Gasteiger partial charge is 0.469 e. The average molecular weight is 711 g/mol. The van der Waals surface area contributed by atoms with Crippen molar-refractivity contribution in [2.45, 2.75) is 19.3 Å². The van der Waals surface area contributed by atoms with Crippen LogP contribution in [-0.2, 0) is 14.3 Å². The summed E-state index contributed by atoms with van der Waals surface area (Å²) in [6.45, 7) is 2.92. The number of benzene rings is 4. The smallest absolute Gasteiger partial charge is 0.309 e. The van der Waals surface area contributed by atoms with Crippen LogP contribution in [-0.4, -0.2) is 39.4 Å². The van der Waals surface area contributed by atoms with E-state index in [1.165, 1.54) is 12.7 Å². The summed E-state index contributed by atoms with van der Waals surface area (Å²) in [6, 6.07) is 21.2. The molecule has 6 nitrogen and oxygen atoms in total. The lowest BCUT2D eigenvalue weighted by Crippen LogP contribution is -2.47. The van der Waals surface area contributed by atoms with Crippen molar-refractivity contribution in [2.24, 2.45) is 11.8 Å². The number of unbranched alkanes of at least 4 members (excludes halogenated alkanes) is 1. The predicted molar refractivity (Wildman–Crippen MR) is 176 cm³/mol. The quantitative estimate of drug-likeness (QED) is 0.103. The van der Waals surface area contributed by atoms with Crippen molar-refractivity contribution in [3.63, 3.8) is 0 Å². The highest BCUT2D eigenvalue weighted by Crippen LogP contribution is 2.48. The third kappa shape index (κ3) is 5.11. The van der Waals surface area contributed by atoms with Crippen LogP contribution in [0.15, 0.2) is 89.7 Å². The minimum atomic E-state index is -1.47. The minimum Gasteiger partial charge on any atom is -0.469 e. The number of carbonyl (C=O) groups is 1. The van der Waals surface area contributed by atoms with Gasteiger partial charge < -0.3 is 17.9 Å². The lowest BCUT2D eigenvalue weighted by molar-refractivity contribution is -0.140. The molecule has 0 spiro atoms.